The van der Waals surface area contributed by atoms with Gasteiger partial charge in [0.15, 0.2) is 0 Å². The van der Waals surface area contributed by atoms with Crippen LogP contribution in [0.15, 0.2) is 53.7 Å². The number of benzene rings is 2. The van der Waals surface area contributed by atoms with Gasteiger partial charge in [-0.25, -0.2) is 4.79 Å². The lowest BCUT2D eigenvalue weighted by atomic mass is 9.97. The summed E-state index contributed by atoms with van der Waals surface area (Å²) in [6, 6.07) is 11.5. The molecule has 3 atom stereocenters. The molecule has 0 radical (unpaired) electrons. The minimum absolute atomic E-state index is 0.0117. The average Bonchev–Trinajstić information content (AvgIpc) is 2.70. The molecule has 4 N–H and O–H groups in total. The maximum atomic E-state index is 12.7. The third-order valence-corrected chi connectivity index (χ3v) is 6.52. The fraction of sp³-hybridized carbons (Fsp3) is 0.250. The largest absolute Gasteiger partial charge is 0.477 e. The Morgan fingerprint density at radius 3 is 2.71 bits per heavy atom. The molecule has 0 aromatic heterocycles. The summed E-state index contributed by atoms with van der Waals surface area (Å²) in [6.45, 7) is 1.70. The van der Waals surface area contributed by atoms with E-state index in [4.69, 9.17) is 5.73 Å². The van der Waals surface area contributed by atoms with E-state index in [0.717, 1.165) is 10.8 Å². The van der Waals surface area contributed by atoms with Gasteiger partial charge in [0.1, 0.15) is 23.2 Å². The van der Waals surface area contributed by atoms with Crippen LogP contribution in [0.1, 0.15) is 18.5 Å². The third kappa shape index (κ3) is 2.85. The van der Waals surface area contributed by atoms with Crippen LogP contribution in [-0.4, -0.2) is 45.0 Å². The van der Waals surface area contributed by atoms with Crippen molar-refractivity contribution in [3.8, 4) is 0 Å². The molecule has 7 nitrogen and oxygen atoms in total. The molecule has 0 aliphatic carbocycles. The topological polar surface area (TPSA) is 113 Å². The van der Waals surface area contributed by atoms with Gasteiger partial charge in [0, 0.05) is 5.75 Å². The molecule has 2 unspecified atom stereocenters. The number of β-lactam (4-membered cyclic amide) rings is 1. The number of carboxylic acids is 1. The quantitative estimate of drug-likeness (QED) is 0.676. The van der Waals surface area contributed by atoms with Crippen LogP contribution in [0.5, 0.6) is 0 Å². The van der Waals surface area contributed by atoms with E-state index in [9.17, 15) is 19.5 Å². The van der Waals surface area contributed by atoms with E-state index in [-0.39, 0.29) is 5.70 Å². The van der Waals surface area contributed by atoms with Gasteiger partial charge in [0.05, 0.1) is 0 Å². The normalized spacial score (nSPS) is 22.5. The molecule has 2 amide bonds. The van der Waals surface area contributed by atoms with Crippen molar-refractivity contribution in [2.24, 2.45) is 5.73 Å². The number of hydrogen-bond donors (Lipinski definition) is 3. The van der Waals surface area contributed by atoms with Gasteiger partial charge in [-0.1, -0.05) is 42.5 Å². The van der Waals surface area contributed by atoms with Crippen LogP contribution in [0.2, 0.25) is 0 Å². The molecule has 28 heavy (non-hydrogen) atoms. The molecule has 144 valence electrons. The van der Waals surface area contributed by atoms with Crippen molar-refractivity contribution >= 4 is 40.3 Å². The van der Waals surface area contributed by atoms with Crippen LogP contribution in [-0.2, 0) is 14.4 Å². The molecule has 2 aromatic carbocycles. The third-order valence-electron chi connectivity index (χ3n) is 5.10. The Morgan fingerprint density at radius 2 is 1.96 bits per heavy atom. The lowest BCUT2D eigenvalue weighted by molar-refractivity contribution is -0.150. The monoisotopic (exact) mass is 397 g/mol. The number of aliphatic carboxylic acids is 1. The lowest BCUT2D eigenvalue weighted by Crippen LogP contribution is -2.71. The molecule has 2 aliphatic heterocycles. The first-order valence-electron chi connectivity index (χ1n) is 8.81. The molecule has 2 aromatic rings. The highest BCUT2D eigenvalue weighted by Gasteiger charge is 2.53. The fourth-order valence-corrected chi connectivity index (χ4v) is 4.97. The summed E-state index contributed by atoms with van der Waals surface area (Å²) in [5.74, 6) is -1.52. The Morgan fingerprint density at radius 1 is 1.25 bits per heavy atom. The van der Waals surface area contributed by atoms with Gasteiger partial charge in [0.25, 0.3) is 5.91 Å². The summed E-state index contributed by atoms with van der Waals surface area (Å²) < 4.78 is 0. The molecule has 1 fully saturated rings. The van der Waals surface area contributed by atoms with Crippen molar-refractivity contribution in [1.29, 1.82) is 0 Å². The molecule has 4 rings (SSSR count). The molecule has 0 bridgehead atoms. The first-order valence-corrected chi connectivity index (χ1v) is 9.86. The Hall–Kier alpha value is -2.84. The highest BCUT2D eigenvalue weighted by atomic mass is 32.2. The van der Waals surface area contributed by atoms with Crippen molar-refractivity contribution in [3.63, 3.8) is 0 Å². The molecular formula is C20H19N3O4S. The van der Waals surface area contributed by atoms with Crippen LogP contribution >= 0.6 is 11.8 Å². The van der Waals surface area contributed by atoms with Gasteiger partial charge in [-0.15, -0.1) is 11.8 Å². The Bertz CT molecular complexity index is 1030. The second kappa shape index (κ2) is 6.96. The zero-order valence-corrected chi connectivity index (χ0v) is 15.9. The van der Waals surface area contributed by atoms with Crippen molar-refractivity contribution < 1.29 is 19.5 Å². The molecule has 0 saturated carbocycles. The summed E-state index contributed by atoms with van der Waals surface area (Å²) in [7, 11) is 0. The van der Waals surface area contributed by atoms with Gasteiger partial charge in [0.2, 0.25) is 5.91 Å². The number of rotatable bonds is 4. The van der Waals surface area contributed by atoms with Gasteiger partial charge in [-0.05, 0) is 28.8 Å². The summed E-state index contributed by atoms with van der Waals surface area (Å²) in [5, 5.41) is 13.5. The zero-order chi connectivity index (χ0) is 20.0. The number of amides is 2. The maximum absolute atomic E-state index is 12.7. The number of nitrogens with one attached hydrogen (secondary N) is 1. The van der Waals surface area contributed by atoms with Crippen LogP contribution < -0.4 is 11.1 Å². The van der Waals surface area contributed by atoms with Crippen molar-refractivity contribution in [1.82, 2.24) is 10.2 Å². The Kier molecular flexibility index (Phi) is 4.60. The average molecular weight is 397 g/mol. The second-order valence-electron chi connectivity index (χ2n) is 6.88. The summed E-state index contributed by atoms with van der Waals surface area (Å²) in [5.41, 5.74) is 7.52. The standard InChI is InChI=1S/C20H19N3O4S/c1-10-9-28-19-15(18(25)23(19)16(10)20(26)27)22-17(24)14(21)13-8-4-6-11-5-2-3-7-12(11)13/h2-8,14-15,19H,9,21H2,1H3,(H,22,24)(H,26,27)/t14-,15?,19?/m1/s1. The van der Waals surface area contributed by atoms with E-state index in [1.165, 1.54) is 16.7 Å². The van der Waals surface area contributed by atoms with Gasteiger partial charge in [-0.3, -0.25) is 14.5 Å². The summed E-state index contributed by atoms with van der Waals surface area (Å²) in [6.07, 6.45) is 0. The van der Waals surface area contributed by atoms with E-state index in [1.54, 1.807) is 13.0 Å². The molecule has 0 spiro atoms. The SMILES string of the molecule is CC1=C(C(=O)O)N2C(=O)C(NC(=O)[C@H](N)c3cccc4ccccc34)C2SC1. The van der Waals surface area contributed by atoms with Crippen LogP contribution in [0.3, 0.4) is 0 Å². The first kappa shape index (κ1) is 18.5. The second-order valence-corrected chi connectivity index (χ2v) is 7.98. The van der Waals surface area contributed by atoms with E-state index in [0.29, 0.717) is 16.9 Å². The van der Waals surface area contributed by atoms with Crippen LogP contribution in [0, 0.1) is 0 Å². The molecule has 8 heteroatoms. The van der Waals surface area contributed by atoms with Crippen molar-refractivity contribution in [3.05, 3.63) is 59.3 Å². The number of carbonyl (C=O) groups excluding carboxylic acids is 2. The molecular weight excluding hydrogens is 378 g/mol. The molecule has 1 saturated heterocycles. The first-order chi connectivity index (χ1) is 13.4. The Balaban J connectivity index is 1.53. The molecule has 2 aliphatic rings. The highest BCUT2D eigenvalue weighted by Crippen LogP contribution is 2.40. The minimum Gasteiger partial charge on any atom is -0.477 e. The van der Waals surface area contributed by atoms with E-state index >= 15 is 0 Å². The summed E-state index contributed by atoms with van der Waals surface area (Å²) in [4.78, 5) is 38.0. The summed E-state index contributed by atoms with van der Waals surface area (Å²) >= 11 is 1.43. The smallest absolute Gasteiger partial charge is 0.352 e. The number of nitrogens with zero attached hydrogens (tertiary/aromatic N) is 1. The van der Waals surface area contributed by atoms with Crippen molar-refractivity contribution in [2.45, 2.75) is 24.4 Å². The van der Waals surface area contributed by atoms with E-state index in [2.05, 4.69) is 5.32 Å². The number of nitrogens with two attached hydrogens (primary N) is 1. The maximum Gasteiger partial charge on any atom is 0.352 e. The van der Waals surface area contributed by atoms with E-state index < -0.39 is 35.2 Å². The number of fused-ring (bicyclic) bond motifs is 2. The van der Waals surface area contributed by atoms with Crippen LogP contribution in [0.25, 0.3) is 10.8 Å². The fourth-order valence-electron chi connectivity index (χ4n) is 3.68. The number of hydrogen-bond acceptors (Lipinski definition) is 5. The van der Waals surface area contributed by atoms with Crippen LogP contribution in [0.4, 0.5) is 0 Å². The van der Waals surface area contributed by atoms with Crippen molar-refractivity contribution in [2.75, 3.05) is 5.75 Å². The van der Waals surface area contributed by atoms with Gasteiger partial charge in [-0.2, -0.15) is 0 Å². The predicted octanol–water partition coefficient (Wildman–Crippen LogP) is 1.60. The number of carboxylic acid groups (broad SMARTS) is 1. The number of carbonyl (C=O) groups is 3. The predicted molar refractivity (Wildman–Crippen MR) is 106 cm³/mol. The minimum atomic E-state index is -1.13. The van der Waals surface area contributed by atoms with Gasteiger partial charge < -0.3 is 16.2 Å². The Labute approximate surface area is 165 Å². The highest BCUT2D eigenvalue weighted by molar-refractivity contribution is 8.00. The number of thioether (sulfide) groups is 1. The molecule has 2 heterocycles. The zero-order valence-electron chi connectivity index (χ0n) is 15.1. The van der Waals surface area contributed by atoms with Gasteiger partial charge >= 0.3 is 5.97 Å². The lowest BCUT2D eigenvalue weighted by Gasteiger charge is -2.49. The van der Waals surface area contributed by atoms with E-state index in [1.807, 2.05) is 36.4 Å².